The first kappa shape index (κ1) is 17.4. The fourth-order valence-electron chi connectivity index (χ4n) is 2.90. The summed E-state index contributed by atoms with van der Waals surface area (Å²) < 4.78 is 25.8. The number of sulfone groups is 1. The van der Waals surface area contributed by atoms with E-state index >= 15 is 0 Å². The van der Waals surface area contributed by atoms with Crippen LogP contribution < -0.4 is 4.90 Å². The first-order chi connectivity index (χ1) is 11.8. The molecule has 0 N–H and O–H groups in total. The molecule has 1 aliphatic rings. The molecule has 25 heavy (non-hydrogen) atoms. The van der Waals surface area contributed by atoms with Crippen molar-refractivity contribution in [2.45, 2.75) is 6.04 Å². The Balaban J connectivity index is 1.95. The monoisotopic (exact) mass is 363 g/mol. The van der Waals surface area contributed by atoms with Gasteiger partial charge in [0.25, 0.3) is 5.91 Å². The lowest BCUT2D eigenvalue weighted by atomic mass is 10.1. The van der Waals surface area contributed by atoms with Gasteiger partial charge in [0.1, 0.15) is 5.82 Å². The Morgan fingerprint density at radius 3 is 2.76 bits per heavy atom. The molecule has 0 bridgehead atoms. The van der Waals surface area contributed by atoms with Crippen molar-refractivity contribution < 1.29 is 13.2 Å². The van der Waals surface area contributed by atoms with Crippen molar-refractivity contribution >= 4 is 21.6 Å². The molecular weight excluding hydrogens is 342 g/mol. The lowest BCUT2D eigenvalue weighted by Crippen LogP contribution is -2.46. The largest absolute Gasteiger partial charge is 0.363 e. The minimum atomic E-state index is -3.19. The summed E-state index contributed by atoms with van der Waals surface area (Å²) in [5, 5.41) is 4.11. The maximum absolute atomic E-state index is 13.0. The van der Waals surface area contributed by atoms with Gasteiger partial charge in [-0.3, -0.25) is 9.48 Å². The first-order valence-electron chi connectivity index (χ1n) is 7.90. The molecule has 134 valence electrons. The van der Waals surface area contributed by atoms with Crippen LogP contribution in [0.5, 0.6) is 0 Å². The molecule has 1 aliphatic heterocycles. The summed E-state index contributed by atoms with van der Waals surface area (Å²) in [7, 11) is 2.27. The molecule has 3 rings (SSSR count). The topological polar surface area (TPSA) is 88.4 Å². The van der Waals surface area contributed by atoms with Crippen LogP contribution in [-0.4, -0.2) is 66.1 Å². The second kappa shape index (κ2) is 6.47. The fourth-order valence-corrected chi connectivity index (χ4v) is 4.40. The van der Waals surface area contributed by atoms with Gasteiger partial charge in [-0.25, -0.2) is 13.4 Å². The SMILES string of the molecule is CN(C)c1cc(C(=O)N2CCS(=O)(=O)C[C@H]2c2cnn(C)c2)ccn1. The minimum absolute atomic E-state index is 0.0267. The standard InChI is InChI=1S/C16H21N5O3S/c1-19(2)15-8-12(4-5-17-15)16(22)21-6-7-25(23,24)11-14(21)13-9-18-20(3)10-13/h4-5,8-10,14H,6-7,11H2,1-3H3/t14-/m0/s1. The van der Waals surface area contributed by atoms with Crippen molar-refractivity contribution in [3.05, 3.63) is 41.9 Å². The van der Waals surface area contributed by atoms with Crippen LogP contribution in [0.3, 0.4) is 0 Å². The molecule has 0 radical (unpaired) electrons. The molecule has 1 amide bonds. The van der Waals surface area contributed by atoms with E-state index in [1.807, 2.05) is 19.0 Å². The number of rotatable bonds is 3. The Kier molecular flexibility index (Phi) is 4.51. The highest BCUT2D eigenvalue weighted by atomic mass is 32.2. The van der Waals surface area contributed by atoms with Gasteiger partial charge in [0.05, 0.1) is 23.7 Å². The number of pyridine rings is 1. The molecule has 9 heteroatoms. The number of aryl methyl sites for hydroxylation is 1. The Hall–Kier alpha value is -2.42. The van der Waals surface area contributed by atoms with E-state index in [1.54, 1.807) is 47.4 Å². The molecule has 8 nitrogen and oxygen atoms in total. The number of hydrogen-bond donors (Lipinski definition) is 0. The van der Waals surface area contributed by atoms with Gasteiger partial charge < -0.3 is 9.80 Å². The van der Waals surface area contributed by atoms with Gasteiger partial charge in [-0.2, -0.15) is 5.10 Å². The lowest BCUT2D eigenvalue weighted by Gasteiger charge is -2.35. The predicted molar refractivity (Wildman–Crippen MR) is 94.2 cm³/mol. The molecule has 0 unspecified atom stereocenters. The summed E-state index contributed by atoms with van der Waals surface area (Å²) in [5.74, 6) is 0.361. The molecule has 2 aromatic heterocycles. The first-order valence-corrected chi connectivity index (χ1v) is 9.72. The molecule has 2 aromatic rings. The lowest BCUT2D eigenvalue weighted by molar-refractivity contribution is 0.0697. The summed E-state index contributed by atoms with van der Waals surface area (Å²) in [4.78, 5) is 20.7. The van der Waals surface area contributed by atoms with Crippen LogP contribution in [0, 0.1) is 0 Å². The molecule has 1 atom stereocenters. The Morgan fingerprint density at radius 1 is 1.36 bits per heavy atom. The van der Waals surface area contributed by atoms with E-state index in [4.69, 9.17) is 0 Å². The third kappa shape index (κ3) is 3.65. The summed E-state index contributed by atoms with van der Waals surface area (Å²) in [6, 6.07) is 2.83. The highest BCUT2D eigenvalue weighted by Gasteiger charge is 2.36. The molecule has 1 fully saturated rings. The van der Waals surface area contributed by atoms with E-state index in [-0.39, 0.29) is 24.0 Å². The highest BCUT2D eigenvalue weighted by Crippen LogP contribution is 2.28. The number of hydrogen-bond acceptors (Lipinski definition) is 6. The van der Waals surface area contributed by atoms with Gasteiger partial charge in [0.2, 0.25) is 0 Å². The summed E-state index contributed by atoms with van der Waals surface area (Å²) in [6.45, 7) is 0.167. The summed E-state index contributed by atoms with van der Waals surface area (Å²) in [5.41, 5.74) is 1.22. The number of anilines is 1. The van der Waals surface area contributed by atoms with Crippen molar-refractivity contribution in [1.29, 1.82) is 0 Å². The van der Waals surface area contributed by atoms with Gasteiger partial charge in [-0.15, -0.1) is 0 Å². The van der Waals surface area contributed by atoms with E-state index in [0.717, 1.165) is 5.56 Å². The number of amides is 1. The Labute approximate surface area is 147 Å². The molecular formula is C16H21N5O3S. The minimum Gasteiger partial charge on any atom is -0.363 e. The smallest absolute Gasteiger partial charge is 0.254 e. The van der Waals surface area contributed by atoms with Gasteiger partial charge in [0.15, 0.2) is 9.84 Å². The van der Waals surface area contributed by atoms with Gasteiger partial charge in [-0.1, -0.05) is 0 Å². The van der Waals surface area contributed by atoms with E-state index in [1.165, 1.54) is 0 Å². The van der Waals surface area contributed by atoms with E-state index in [9.17, 15) is 13.2 Å². The highest BCUT2D eigenvalue weighted by molar-refractivity contribution is 7.91. The summed E-state index contributed by atoms with van der Waals surface area (Å²) >= 11 is 0. The van der Waals surface area contributed by atoms with Crippen molar-refractivity contribution in [1.82, 2.24) is 19.7 Å². The zero-order chi connectivity index (χ0) is 18.2. The molecule has 0 spiro atoms. The Bertz CT molecular complexity index is 891. The van der Waals surface area contributed by atoms with E-state index in [0.29, 0.717) is 11.4 Å². The van der Waals surface area contributed by atoms with Crippen molar-refractivity contribution in [3.63, 3.8) is 0 Å². The van der Waals surface area contributed by atoms with Crippen LogP contribution >= 0.6 is 0 Å². The second-order valence-electron chi connectivity index (χ2n) is 6.37. The third-order valence-corrected chi connectivity index (χ3v) is 5.88. The van der Waals surface area contributed by atoms with Crippen molar-refractivity contribution in [2.75, 3.05) is 37.0 Å². The predicted octanol–water partition coefficient (Wildman–Crippen LogP) is 0.493. The average molecular weight is 363 g/mol. The number of carbonyl (C=O) groups excluding carboxylic acids is 1. The van der Waals surface area contributed by atoms with Crippen LogP contribution in [0.4, 0.5) is 5.82 Å². The molecule has 0 aliphatic carbocycles. The van der Waals surface area contributed by atoms with Crippen molar-refractivity contribution in [3.8, 4) is 0 Å². The van der Waals surface area contributed by atoms with Gasteiger partial charge >= 0.3 is 0 Å². The second-order valence-corrected chi connectivity index (χ2v) is 8.60. The molecule has 1 saturated heterocycles. The van der Waals surface area contributed by atoms with Gasteiger partial charge in [0, 0.05) is 51.2 Å². The number of nitrogens with zero attached hydrogens (tertiary/aromatic N) is 5. The molecule has 3 heterocycles. The van der Waals surface area contributed by atoms with Gasteiger partial charge in [-0.05, 0) is 12.1 Å². The normalized spacial score (nSPS) is 19.6. The van der Waals surface area contributed by atoms with E-state index in [2.05, 4.69) is 10.1 Å². The van der Waals surface area contributed by atoms with Crippen molar-refractivity contribution in [2.24, 2.45) is 7.05 Å². The third-order valence-electron chi connectivity index (χ3n) is 4.25. The van der Waals surface area contributed by atoms with Crippen LogP contribution in [-0.2, 0) is 16.9 Å². The number of aromatic nitrogens is 3. The van der Waals surface area contributed by atoms with Crippen LogP contribution in [0.25, 0.3) is 0 Å². The average Bonchev–Trinajstić information content (AvgIpc) is 3.00. The Morgan fingerprint density at radius 2 is 2.12 bits per heavy atom. The zero-order valence-corrected chi connectivity index (χ0v) is 15.3. The van der Waals surface area contributed by atoms with Crippen LogP contribution in [0.15, 0.2) is 30.7 Å². The number of carbonyl (C=O) groups is 1. The van der Waals surface area contributed by atoms with E-state index < -0.39 is 15.9 Å². The molecule has 0 aromatic carbocycles. The quantitative estimate of drug-likeness (QED) is 0.789. The maximum atomic E-state index is 13.0. The zero-order valence-electron chi connectivity index (χ0n) is 14.5. The summed E-state index contributed by atoms with van der Waals surface area (Å²) in [6.07, 6.45) is 4.95. The van der Waals surface area contributed by atoms with Crippen LogP contribution in [0.2, 0.25) is 0 Å². The fraction of sp³-hybridized carbons (Fsp3) is 0.438. The molecule has 0 saturated carbocycles. The van der Waals surface area contributed by atoms with Crippen LogP contribution in [0.1, 0.15) is 22.0 Å². The maximum Gasteiger partial charge on any atom is 0.254 e.